The van der Waals surface area contributed by atoms with Crippen LogP contribution in [0.1, 0.15) is 47.0 Å². The van der Waals surface area contributed by atoms with E-state index in [1.807, 2.05) is 0 Å². The maximum atomic E-state index is 6.43. The summed E-state index contributed by atoms with van der Waals surface area (Å²) in [6, 6.07) is 0. The van der Waals surface area contributed by atoms with Crippen LogP contribution in [-0.2, 0) is 26.5 Å². The van der Waals surface area contributed by atoms with Crippen LogP contribution >= 0.6 is 0 Å². The fourth-order valence-corrected chi connectivity index (χ4v) is 2.62. The number of hydrogen-bond acceptors (Lipinski definition) is 1. The molecule has 0 heterocycles. The molecule has 0 spiro atoms. The van der Waals surface area contributed by atoms with Crippen molar-refractivity contribution in [3.05, 3.63) is 47.6 Å². The molecule has 19 heavy (non-hydrogen) atoms. The molecule has 0 aliphatic heterocycles. The average molecular weight is 291 g/mol. The third kappa shape index (κ3) is 4.31. The minimum atomic E-state index is -0.190. The summed E-state index contributed by atoms with van der Waals surface area (Å²) in [6.45, 7) is 8.56. The molecule has 2 heteroatoms. The van der Waals surface area contributed by atoms with E-state index in [9.17, 15) is 0 Å². The van der Waals surface area contributed by atoms with Gasteiger partial charge in [-0.2, -0.15) is 6.08 Å². The SMILES string of the molecule is CC1=CC=CCC1(CC1=[C-]CC=C1)OC(C)(C)C.[Ti]. The molecule has 0 aromatic carbocycles. The van der Waals surface area contributed by atoms with E-state index >= 15 is 0 Å². The topological polar surface area (TPSA) is 9.23 Å². The van der Waals surface area contributed by atoms with Crippen LogP contribution in [0.3, 0.4) is 0 Å². The number of ether oxygens (including phenoxy) is 1. The van der Waals surface area contributed by atoms with E-state index in [1.165, 1.54) is 11.1 Å². The molecule has 2 rings (SSSR count). The van der Waals surface area contributed by atoms with Crippen LogP contribution < -0.4 is 0 Å². The zero-order valence-electron chi connectivity index (χ0n) is 12.4. The van der Waals surface area contributed by atoms with Gasteiger partial charge in [0.05, 0.1) is 11.2 Å². The molecular formula is C17H23OTi-. The van der Waals surface area contributed by atoms with Gasteiger partial charge in [0.25, 0.3) is 0 Å². The Morgan fingerprint density at radius 2 is 2.05 bits per heavy atom. The van der Waals surface area contributed by atoms with E-state index in [-0.39, 0.29) is 32.9 Å². The molecule has 0 saturated heterocycles. The molecule has 0 N–H and O–H groups in total. The smallest absolute Gasteiger partial charge is 0.0944 e. The molecule has 0 aromatic heterocycles. The van der Waals surface area contributed by atoms with Crippen molar-refractivity contribution >= 4 is 0 Å². The summed E-state index contributed by atoms with van der Waals surface area (Å²) in [5.41, 5.74) is 2.27. The molecule has 0 bridgehead atoms. The molecule has 2 aliphatic rings. The molecule has 0 amide bonds. The number of allylic oxidation sites excluding steroid dienone is 5. The molecule has 0 saturated carbocycles. The molecule has 2 aliphatic carbocycles. The minimum absolute atomic E-state index is 0. The second-order valence-corrected chi connectivity index (χ2v) is 6.18. The average Bonchev–Trinajstić information content (AvgIpc) is 2.73. The summed E-state index contributed by atoms with van der Waals surface area (Å²) >= 11 is 0. The summed E-state index contributed by atoms with van der Waals surface area (Å²) in [5, 5.41) is 0. The Balaban J connectivity index is 0.00000180. The van der Waals surface area contributed by atoms with Crippen LogP contribution in [-0.4, -0.2) is 11.2 Å². The fourth-order valence-electron chi connectivity index (χ4n) is 2.62. The van der Waals surface area contributed by atoms with Crippen molar-refractivity contribution in [2.24, 2.45) is 0 Å². The fraction of sp³-hybridized carbons (Fsp3) is 0.529. The molecule has 102 valence electrons. The van der Waals surface area contributed by atoms with Crippen molar-refractivity contribution in [1.82, 2.24) is 0 Å². The molecule has 1 unspecified atom stereocenters. The first kappa shape index (κ1) is 16.7. The second-order valence-electron chi connectivity index (χ2n) is 6.18. The summed E-state index contributed by atoms with van der Waals surface area (Å²) in [6.07, 6.45) is 17.1. The van der Waals surface area contributed by atoms with Gasteiger partial charge < -0.3 is 4.74 Å². The summed E-state index contributed by atoms with van der Waals surface area (Å²) < 4.78 is 6.43. The largest absolute Gasteiger partial charge is 0.365 e. The number of rotatable bonds is 3. The Hall–Kier alpha value is -0.366. The maximum Gasteiger partial charge on any atom is 0.0944 e. The van der Waals surface area contributed by atoms with E-state index in [0.717, 1.165) is 19.3 Å². The first-order valence-corrected chi connectivity index (χ1v) is 6.72. The predicted molar refractivity (Wildman–Crippen MR) is 76.2 cm³/mol. The van der Waals surface area contributed by atoms with Crippen molar-refractivity contribution in [3.63, 3.8) is 0 Å². The monoisotopic (exact) mass is 291 g/mol. The Labute approximate surface area is 132 Å². The Morgan fingerprint density at radius 1 is 1.32 bits per heavy atom. The van der Waals surface area contributed by atoms with Crippen molar-refractivity contribution in [2.45, 2.75) is 58.2 Å². The molecule has 0 aromatic rings. The molecule has 0 fully saturated rings. The van der Waals surface area contributed by atoms with Gasteiger partial charge in [-0.3, -0.25) is 6.08 Å². The van der Waals surface area contributed by atoms with Crippen LogP contribution in [0.4, 0.5) is 0 Å². The van der Waals surface area contributed by atoms with E-state index in [0.29, 0.717) is 0 Å². The van der Waals surface area contributed by atoms with Crippen LogP contribution in [0.5, 0.6) is 0 Å². The van der Waals surface area contributed by atoms with Gasteiger partial charge >= 0.3 is 0 Å². The van der Waals surface area contributed by atoms with Crippen LogP contribution in [0.15, 0.2) is 41.5 Å². The van der Waals surface area contributed by atoms with Gasteiger partial charge in [0.2, 0.25) is 0 Å². The van der Waals surface area contributed by atoms with Gasteiger partial charge in [0.15, 0.2) is 0 Å². The first-order chi connectivity index (χ1) is 8.41. The maximum absolute atomic E-state index is 6.43. The third-order valence-electron chi connectivity index (χ3n) is 3.39. The zero-order chi connectivity index (χ0) is 13.2. The molecular weight excluding hydrogens is 268 g/mol. The number of hydrogen-bond donors (Lipinski definition) is 0. The first-order valence-electron chi connectivity index (χ1n) is 6.72. The van der Waals surface area contributed by atoms with Crippen LogP contribution in [0, 0.1) is 6.08 Å². The normalized spacial score (nSPS) is 25.9. The van der Waals surface area contributed by atoms with Crippen LogP contribution in [0.25, 0.3) is 0 Å². The molecule has 1 atom stereocenters. The Bertz CT molecular complexity index is 435. The van der Waals surface area contributed by atoms with Gasteiger partial charge in [-0.1, -0.05) is 18.2 Å². The van der Waals surface area contributed by atoms with Crippen molar-refractivity contribution in [2.75, 3.05) is 0 Å². The summed E-state index contributed by atoms with van der Waals surface area (Å²) in [4.78, 5) is 0. The van der Waals surface area contributed by atoms with Gasteiger partial charge in [-0.15, -0.1) is 6.42 Å². The predicted octanol–water partition coefficient (Wildman–Crippen LogP) is 4.52. The summed E-state index contributed by atoms with van der Waals surface area (Å²) in [5.74, 6) is 0. The van der Waals surface area contributed by atoms with E-state index < -0.39 is 0 Å². The van der Waals surface area contributed by atoms with Gasteiger partial charge in [0.1, 0.15) is 0 Å². The van der Waals surface area contributed by atoms with E-state index in [2.05, 4.69) is 64.2 Å². The zero-order valence-corrected chi connectivity index (χ0v) is 14.0. The van der Waals surface area contributed by atoms with Gasteiger partial charge in [-0.05, 0) is 46.1 Å². The Morgan fingerprint density at radius 3 is 2.58 bits per heavy atom. The standard InChI is InChI=1S/C17H23O.Ti/c1-14-9-7-8-12-17(14,18-16(2,3)4)13-15-10-5-6-11-15;/h5,7-10H,6,12-13H2,1-4H3;/q-1;. The van der Waals surface area contributed by atoms with Crippen molar-refractivity contribution < 1.29 is 26.5 Å². The van der Waals surface area contributed by atoms with Crippen molar-refractivity contribution in [3.8, 4) is 0 Å². The van der Waals surface area contributed by atoms with Gasteiger partial charge in [0, 0.05) is 21.7 Å². The summed E-state index contributed by atoms with van der Waals surface area (Å²) in [7, 11) is 0. The quantitative estimate of drug-likeness (QED) is 0.548. The van der Waals surface area contributed by atoms with Crippen molar-refractivity contribution in [1.29, 1.82) is 0 Å². The molecule has 1 nitrogen and oxygen atoms in total. The minimum Gasteiger partial charge on any atom is -0.365 e. The third-order valence-corrected chi connectivity index (χ3v) is 3.39. The van der Waals surface area contributed by atoms with E-state index in [1.54, 1.807) is 0 Å². The Kier molecular flexibility index (Phi) is 5.61. The second kappa shape index (κ2) is 6.39. The molecule has 0 radical (unpaired) electrons. The van der Waals surface area contributed by atoms with E-state index in [4.69, 9.17) is 4.74 Å². The van der Waals surface area contributed by atoms with Crippen LogP contribution in [0.2, 0.25) is 0 Å². The van der Waals surface area contributed by atoms with Gasteiger partial charge in [-0.25, -0.2) is 11.6 Å².